The fraction of sp³-hybridized carbons (Fsp3) is 0.350. The summed E-state index contributed by atoms with van der Waals surface area (Å²) in [5, 5.41) is 6.45. The van der Waals surface area contributed by atoms with Crippen LogP contribution in [0.1, 0.15) is 16.7 Å². The van der Waals surface area contributed by atoms with Crippen molar-refractivity contribution < 1.29 is 8.78 Å². The predicted molar refractivity (Wildman–Crippen MR) is 102 cm³/mol. The van der Waals surface area contributed by atoms with E-state index in [0.717, 1.165) is 17.5 Å². The topological polar surface area (TPSA) is 39.7 Å². The summed E-state index contributed by atoms with van der Waals surface area (Å²) in [6.07, 6.45) is 0.768. The standard InChI is InChI=1S/C20H26F2N4/c1-23-20(24-11-10-15-4-7-18(21)8-5-15)25-13-16-6-9-19(22)17(12-16)14-26(2)3/h4-9,12H,10-11,13-14H2,1-3H3,(H2,23,24,25). The van der Waals surface area contributed by atoms with Crippen molar-refractivity contribution in [1.29, 1.82) is 0 Å². The molecule has 2 aromatic rings. The van der Waals surface area contributed by atoms with Gasteiger partial charge < -0.3 is 15.5 Å². The van der Waals surface area contributed by atoms with Gasteiger partial charge in [0, 0.05) is 32.2 Å². The van der Waals surface area contributed by atoms with Gasteiger partial charge in [-0.15, -0.1) is 0 Å². The lowest BCUT2D eigenvalue weighted by molar-refractivity contribution is 0.392. The van der Waals surface area contributed by atoms with Gasteiger partial charge in [-0.3, -0.25) is 4.99 Å². The number of rotatable bonds is 7. The van der Waals surface area contributed by atoms with E-state index in [1.54, 1.807) is 25.2 Å². The molecule has 0 heterocycles. The molecular weight excluding hydrogens is 334 g/mol. The second kappa shape index (κ2) is 9.87. The zero-order chi connectivity index (χ0) is 18.9. The Hall–Kier alpha value is -2.47. The Morgan fingerprint density at radius 1 is 1.00 bits per heavy atom. The van der Waals surface area contributed by atoms with Gasteiger partial charge in [-0.25, -0.2) is 8.78 Å². The molecule has 2 rings (SSSR count). The first-order chi connectivity index (χ1) is 12.5. The fourth-order valence-corrected chi connectivity index (χ4v) is 2.58. The predicted octanol–water partition coefficient (Wildman–Crippen LogP) is 2.93. The Balaban J connectivity index is 1.83. The van der Waals surface area contributed by atoms with Crippen molar-refractivity contribution in [1.82, 2.24) is 15.5 Å². The van der Waals surface area contributed by atoms with Crippen molar-refractivity contribution in [3.05, 3.63) is 70.8 Å². The number of aliphatic imine (C=N–C) groups is 1. The molecule has 140 valence electrons. The molecule has 0 radical (unpaired) electrons. The normalized spacial score (nSPS) is 11.7. The summed E-state index contributed by atoms with van der Waals surface area (Å²) in [4.78, 5) is 6.12. The number of benzene rings is 2. The van der Waals surface area contributed by atoms with Crippen molar-refractivity contribution in [3.63, 3.8) is 0 Å². The van der Waals surface area contributed by atoms with Crippen molar-refractivity contribution in [2.24, 2.45) is 4.99 Å². The molecular formula is C20H26F2N4. The maximum Gasteiger partial charge on any atom is 0.191 e. The summed E-state index contributed by atoms with van der Waals surface area (Å²) in [6, 6.07) is 11.6. The SMILES string of the molecule is CN=C(NCCc1ccc(F)cc1)NCc1ccc(F)c(CN(C)C)c1. The molecule has 0 amide bonds. The third-order valence-corrected chi connectivity index (χ3v) is 3.90. The summed E-state index contributed by atoms with van der Waals surface area (Å²) >= 11 is 0. The van der Waals surface area contributed by atoms with Crippen LogP contribution in [0.25, 0.3) is 0 Å². The Labute approximate surface area is 153 Å². The minimum absolute atomic E-state index is 0.191. The third kappa shape index (κ3) is 6.44. The molecule has 6 heteroatoms. The van der Waals surface area contributed by atoms with Gasteiger partial charge in [0.1, 0.15) is 11.6 Å². The second-order valence-electron chi connectivity index (χ2n) is 6.39. The number of hydrogen-bond acceptors (Lipinski definition) is 2. The van der Waals surface area contributed by atoms with Crippen LogP contribution < -0.4 is 10.6 Å². The van der Waals surface area contributed by atoms with E-state index in [0.29, 0.717) is 31.2 Å². The first-order valence-electron chi connectivity index (χ1n) is 8.59. The number of halogens is 2. The first-order valence-corrected chi connectivity index (χ1v) is 8.59. The lowest BCUT2D eigenvalue weighted by Gasteiger charge is -2.14. The zero-order valence-electron chi connectivity index (χ0n) is 15.5. The first kappa shape index (κ1) is 19.8. The van der Waals surface area contributed by atoms with E-state index in [9.17, 15) is 8.78 Å². The van der Waals surface area contributed by atoms with E-state index in [1.165, 1.54) is 18.2 Å². The molecule has 4 nitrogen and oxygen atoms in total. The quantitative estimate of drug-likeness (QED) is 0.589. The highest BCUT2D eigenvalue weighted by atomic mass is 19.1. The van der Waals surface area contributed by atoms with E-state index in [2.05, 4.69) is 15.6 Å². The Morgan fingerprint density at radius 2 is 1.69 bits per heavy atom. The van der Waals surface area contributed by atoms with Crippen molar-refractivity contribution in [2.45, 2.75) is 19.5 Å². The van der Waals surface area contributed by atoms with E-state index in [4.69, 9.17) is 0 Å². The number of nitrogens with zero attached hydrogens (tertiary/aromatic N) is 2. The molecule has 26 heavy (non-hydrogen) atoms. The number of guanidine groups is 1. The molecule has 0 unspecified atom stereocenters. The van der Waals surface area contributed by atoms with E-state index >= 15 is 0 Å². The molecule has 0 bridgehead atoms. The third-order valence-electron chi connectivity index (χ3n) is 3.90. The molecule has 0 aliphatic heterocycles. The Kier molecular flexibility index (Phi) is 7.53. The Morgan fingerprint density at radius 3 is 2.35 bits per heavy atom. The minimum Gasteiger partial charge on any atom is -0.356 e. The van der Waals surface area contributed by atoms with Crippen molar-refractivity contribution >= 4 is 5.96 Å². The van der Waals surface area contributed by atoms with Crippen LogP contribution in [0, 0.1) is 11.6 Å². The molecule has 2 aromatic carbocycles. The second-order valence-corrected chi connectivity index (χ2v) is 6.39. The highest BCUT2D eigenvalue weighted by Crippen LogP contribution is 2.12. The smallest absolute Gasteiger partial charge is 0.191 e. The molecule has 0 spiro atoms. The molecule has 0 atom stereocenters. The molecule has 2 N–H and O–H groups in total. The largest absolute Gasteiger partial charge is 0.356 e. The van der Waals surface area contributed by atoms with Crippen LogP contribution in [0.3, 0.4) is 0 Å². The average Bonchev–Trinajstić information content (AvgIpc) is 2.61. The van der Waals surface area contributed by atoms with Crippen LogP contribution in [0.2, 0.25) is 0 Å². The van der Waals surface area contributed by atoms with E-state index in [1.807, 2.05) is 25.1 Å². The van der Waals surface area contributed by atoms with Gasteiger partial charge in [-0.05, 0) is 55.9 Å². The maximum absolute atomic E-state index is 13.8. The number of hydrogen-bond donors (Lipinski definition) is 2. The summed E-state index contributed by atoms with van der Waals surface area (Å²) in [6.45, 7) is 1.79. The summed E-state index contributed by atoms with van der Waals surface area (Å²) in [5.74, 6) is 0.252. The molecule has 0 saturated heterocycles. The average molecular weight is 360 g/mol. The summed E-state index contributed by atoms with van der Waals surface area (Å²) in [5.41, 5.74) is 2.72. The van der Waals surface area contributed by atoms with Crippen LogP contribution in [0.4, 0.5) is 8.78 Å². The maximum atomic E-state index is 13.8. The molecule has 0 fully saturated rings. The van der Waals surface area contributed by atoms with Crippen LogP contribution in [0.5, 0.6) is 0 Å². The van der Waals surface area contributed by atoms with Gasteiger partial charge in [-0.2, -0.15) is 0 Å². The van der Waals surface area contributed by atoms with Crippen LogP contribution in [-0.4, -0.2) is 38.5 Å². The number of nitrogens with one attached hydrogen (secondary N) is 2. The van der Waals surface area contributed by atoms with Gasteiger partial charge in [0.05, 0.1) is 0 Å². The van der Waals surface area contributed by atoms with Crippen molar-refractivity contribution in [3.8, 4) is 0 Å². The molecule has 0 saturated carbocycles. The van der Waals surface area contributed by atoms with Gasteiger partial charge in [0.25, 0.3) is 0 Å². The van der Waals surface area contributed by atoms with Gasteiger partial charge >= 0.3 is 0 Å². The van der Waals surface area contributed by atoms with Gasteiger partial charge in [0.15, 0.2) is 5.96 Å². The zero-order valence-corrected chi connectivity index (χ0v) is 15.5. The summed E-state index contributed by atoms with van der Waals surface area (Å²) in [7, 11) is 5.53. The van der Waals surface area contributed by atoms with Crippen LogP contribution in [-0.2, 0) is 19.5 Å². The van der Waals surface area contributed by atoms with Crippen molar-refractivity contribution in [2.75, 3.05) is 27.7 Å². The highest BCUT2D eigenvalue weighted by molar-refractivity contribution is 5.79. The van der Waals surface area contributed by atoms with Gasteiger partial charge in [-0.1, -0.05) is 18.2 Å². The lowest BCUT2D eigenvalue weighted by Crippen LogP contribution is -2.37. The summed E-state index contributed by atoms with van der Waals surface area (Å²) < 4.78 is 26.7. The molecule has 0 aliphatic rings. The fourth-order valence-electron chi connectivity index (χ4n) is 2.58. The molecule has 0 aromatic heterocycles. The van der Waals surface area contributed by atoms with Gasteiger partial charge in [0.2, 0.25) is 0 Å². The van der Waals surface area contributed by atoms with E-state index < -0.39 is 0 Å². The molecule has 0 aliphatic carbocycles. The lowest BCUT2D eigenvalue weighted by atomic mass is 10.1. The van der Waals surface area contributed by atoms with Crippen LogP contribution >= 0.6 is 0 Å². The monoisotopic (exact) mass is 360 g/mol. The highest BCUT2D eigenvalue weighted by Gasteiger charge is 2.06. The van der Waals surface area contributed by atoms with E-state index in [-0.39, 0.29) is 11.6 Å². The minimum atomic E-state index is -0.230. The van der Waals surface area contributed by atoms with Crippen LogP contribution in [0.15, 0.2) is 47.5 Å². The Bertz CT molecular complexity index is 727.